The van der Waals surface area contributed by atoms with E-state index in [4.69, 9.17) is 9.47 Å². The van der Waals surface area contributed by atoms with Crippen molar-refractivity contribution in [3.05, 3.63) is 83.9 Å². The van der Waals surface area contributed by atoms with Gasteiger partial charge in [0, 0.05) is 13.1 Å². The summed E-state index contributed by atoms with van der Waals surface area (Å²) in [5, 5.41) is 2.99. The average Bonchev–Trinajstić information content (AvgIpc) is 3.40. The zero-order chi connectivity index (χ0) is 23.9. The van der Waals surface area contributed by atoms with Gasteiger partial charge in [0.15, 0.2) is 0 Å². The van der Waals surface area contributed by atoms with Gasteiger partial charge in [-0.05, 0) is 25.0 Å². The smallest absolute Gasteiger partial charge is 0.313 e. The highest BCUT2D eigenvalue weighted by Gasteiger charge is 2.76. The summed E-state index contributed by atoms with van der Waals surface area (Å²) >= 11 is 0. The van der Waals surface area contributed by atoms with Gasteiger partial charge in [-0.3, -0.25) is 14.4 Å². The Balaban J connectivity index is 1.51. The van der Waals surface area contributed by atoms with Crippen LogP contribution < -0.4 is 5.32 Å². The first-order valence-corrected chi connectivity index (χ1v) is 11.6. The minimum atomic E-state index is -1.22. The molecule has 2 aromatic carbocycles. The molecule has 2 saturated heterocycles. The fourth-order valence-corrected chi connectivity index (χ4v) is 5.65. The SMILES string of the molecule is CCOC(=O)C1C2C(=O)N(Cc3ccccc3)C(C(=O)NCc3ccccc3)C23C=CC1(C)O3. The maximum absolute atomic E-state index is 13.9. The fraction of sp³-hybridized carbons (Fsp3) is 0.370. The van der Waals surface area contributed by atoms with Crippen LogP contribution in [0.25, 0.3) is 0 Å². The average molecular weight is 461 g/mol. The maximum Gasteiger partial charge on any atom is 0.313 e. The number of nitrogens with zero attached hydrogens (tertiary/aromatic N) is 1. The van der Waals surface area contributed by atoms with Gasteiger partial charge in [0.25, 0.3) is 0 Å². The predicted molar refractivity (Wildman–Crippen MR) is 124 cm³/mol. The Morgan fingerprint density at radius 1 is 1.03 bits per heavy atom. The normalized spacial score (nSPS) is 30.9. The summed E-state index contributed by atoms with van der Waals surface area (Å²) in [6.45, 7) is 4.29. The topological polar surface area (TPSA) is 84.9 Å². The highest BCUT2D eigenvalue weighted by Crippen LogP contribution is 2.60. The Morgan fingerprint density at radius 2 is 1.68 bits per heavy atom. The third-order valence-electron chi connectivity index (χ3n) is 7.09. The Bertz CT molecular complexity index is 1130. The van der Waals surface area contributed by atoms with Crippen molar-refractivity contribution < 1.29 is 23.9 Å². The maximum atomic E-state index is 13.9. The van der Waals surface area contributed by atoms with Crippen molar-refractivity contribution in [2.24, 2.45) is 11.8 Å². The minimum absolute atomic E-state index is 0.206. The van der Waals surface area contributed by atoms with Crippen molar-refractivity contribution in [1.29, 1.82) is 0 Å². The molecule has 5 atom stereocenters. The first-order chi connectivity index (χ1) is 16.4. The van der Waals surface area contributed by atoms with Gasteiger partial charge in [-0.25, -0.2) is 0 Å². The minimum Gasteiger partial charge on any atom is -0.466 e. The zero-order valence-corrected chi connectivity index (χ0v) is 19.3. The van der Waals surface area contributed by atoms with Crippen molar-refractivity contribution in [2.45, 2.75) is 44.2 Å². The molecule has 34 heavy (non-hydrogen) atoms. The number of amides is 2. The van der Waals surface area contributed by atoms with Crippen LogP contribution in [0.4, 0.5) is 0 Å². The van der Waals surface area contributed by atoms with Gasteiger partial charge in [0.1, 0.15) is 17.6 Å². The van der Waals surface area contributed by atoms with Crippen LogP contribution in [0, 0.1) is 11.8 Å². The predicted octanol–water partition coefficient (Wildman–Crippen LogP) is 2.61. The Hall–Kier alpha value is -3.45. The third-order valence-corrected chi connectivity index (χ3v) is 7.09. The molecule has 2 bridgehead atoms. The second kappa shape index (κ2) is 8.40. The molecular formula is C27H28N2O5. The molecule has 3 heterocycles. The molecule has 176 valence electrons. The number of carbonyl (C=O) groups is 3. The van der Waals surface area contributed by atoms with Crippen LogP contribution in [0.15, 0.2) is 72.8 Å². The summed E-state index contributed by atoms with van der Waals surface area (Å²) in [5.74, 6) is -2.68. The van der Waals surface area contributed by atoms with E-state index < -0.39 is 35.0 Å². The second-order valence-corrected chi connectivity index (χ2v) is 9.24. The van der Waals surface area contributed by atoms with Gasteiger partial charge >= 0.3 is 5.97 Å². The monoisotopic (exact) mass is 460 g/mol. The molecule has 3 aliphatic heterocycles. The summed E-state index contributed by atoms with van der Waals surface area (Å²) in [5.41, 5.74) is -0.375. The molecule has 2 amide bonds. The lowest BCUT2D eigenvalue weighted by molar-refractivity contribution is -0.157. The van der Waals surface area contributed by atoms with Crippen molar-refractivity contribution in [1.82, 2.24) is 10.2 Å². The molecule has 0 radical (unpaired) electrons. The van der Waals surface area contributed by atoms with Gasteiger partial charge in [0.2, 0.25) is 11.8 Å². The lowest BCUT2D eigenvalue weighted by atomic mass is 9.70. The van der Waals surface area contributed by atoms with Crippen LogP contribution >= 0.6 is 0 Å². The molecular weight excluding hydrogens is 432 g/mol. The summed E-state index contributed by atoms with van der Waals surface area (Å²) in [6.07, 6.45) is 3.62. The highest BCUT2D eigenvalue weighted by atomic mass is 16.6. The van der Waals surface area contributed by atoms with E-state index in [9.17, 15) is 14.4 Å². The molecule has 0 aromatic heterocycles. The van der Waals surface area contributed by atoms with Crippen molar-refractivity contribution >= 4 is 17.8 Å². The van der Waals surface area contributed by atoms with E-state index in [-0.39, 0.29) is 25.0 Å². The van der Waals surface area contributed by atoms with E-state index in [1.807, 2.05) is 72.8 Å². The number of esters is 1. The molecule has 0 aliphatic carbocycles. The van der Waals surface area contributed by atoms with E-state index in [0.29, 0.717) is 6.54 Å². The van der Waals surface area contributed by atoms with E-state index in [1.165, 1.54) is 0 Å². The van der Waals surface area contributed by atoms with Crippen LogP contribution in [0.2, 0.25) is 0 Å². The molecule has 5 rings (SSSR count). The van der Waals surface area contributed by atoms with Crippen molar-refractivity contribution in [2.75, 3.05) is 6.61 Å². The second-order valence-electron chi connectivity index (χ2n) is 9.24. The number of hydrogen-bond acceptors (Lipinski definition) is 5. The van der Waals surface area contributed by atoms with Gasteiger partial charge in [-0.1, -0.05) is 72.8 Å². The van der Waals surface area contributed by atoms with Crippen molar-refractivity contribution in [3.8, 4) is 0 Å². The van der Waals surface area contributed by atoms with Crippen LogP contribution in [0.5, 0.6) is 0 Å². The van der Waals surface area contributed by atoms with Gasteiger partial charge in [0.05, 0.1) is 18.1 Å². The Labute approximate surface area is 198 Å². The van der Waals surface area contributed by atoms with Crippen LogP contribution in [0.3, 0.4) is 0 Å². The number of fused-ring (bicyclic) bond motifs is 1. The molecule has 1 N–H and O–H groups in total. The van der Waals surface area contributed by atoms with Crippen LogP contribution in [-0.2, 0) is 36.9 Å². The zero-order valence-electron chi connectivity index (χ0n) is 19.3. The van der Waals surface area contributed by atoms with Gasteiger partial charge < -0.3 is 19.7 Å². The first-order valence-electron chi connectivity index (χ1n) is 11.6. The highest BCUT2D eigenvalue weighted by molar-refractivity contribution is 5.99. The molecule has 7 nitrogen and oxygen atoms in total. The fourth-order valence-electron chi connectivity index (χ4n) is 5.65. The first kappa shape index (κ1) is 22.3. The molecule has 0 saturated carbocycles. The molecule has 2 aromatic rings. The molecule has 1 spiro atoms. The number of benzene rings is 2. The number of nitrogens with one attached hydrogen (secondary N) is 1. The van der Waals surface area contributed by atoms with E-state index in [2.05, 4.69) is 5.32 Å². The number of hydrogen-bond donors (Lipinski definition) is 1. The van der Waals surface area contributed by atoms with E-state index in [0.717, 1.165) is 11.1 Å². The van der Waals surface area contributed by atoms with Crippen LogP contribution in [-0.4, -0.2) is 46.5 Å². The molecule has 2 fully saturated rings. The Kier molecular flexibility index (Phi) is 5.52. The van der Waals surface area contributed by atoms with Gasteiger partial charge in [-0.2, -0.15) is 0 Å². The van der Waals surface area contributed by atoms with E-state index in [1.54, 1.807) is 18.7 Å². The van der Waals surface area contributed by atoms with Crippen LogP contribution in [0.1, 0.15) is 25.0 Å². The lowest BCUT2D eigenvalue weighted by Gasteiger charge is -2.33. The summed E-state index contributed by atoms with van der Waals surface area (Å²) in [4.78, 5) is 42.0. The van der Waals surface area contributed by atoms with Gasteiger partial charge in [-0.15, -0.1) is 0 Å². The number of carbonyl (C=O) groups excluding carboxylic acids is 3. The van der Waals surface area contributed by atoms with Crippen molar-refractivity contribution in [3.63, 3.8) is 0 Å². The Morgan fingerprint density at radius 3 is 2.32 bits per heavy atom. The number of likely N-dealkylation sites (tertiary alicyclic amines) is 1. The number of ether oxygens (including phenoxy) is 2. The number of rotatable bonds is 7. The molecule has 3 aliphatic rings. The quantitative estimate of drug-likeness (QED) is 0.507. The largest absolute Gasteiger partial charge is 0.466 e. The molecule has 5 unspecified atom stereocenters. The standard InChI is InChI=1S/C27H28N2O5/c1-3-33-25(32)21-20-24(31)29(17-19-12-8-5-9-13-19)22(27(20)15-14-26(21,2)34-27)23(30)28-16-18-10-6-4-7-11-18/h4-15,20-22H,3,16-17H2,1-2H3,(H,28,30). The molecule has 7 heteroatoms. The third kappa shape index (κ3) is 3.42. The summed E-state index contributed by atoms with van der Waals surface area (Å²) in [6, 6.07) is 18.2. The lowest BCUT2D eigenvalue weighted by Crippen LogP contribution is -2.54. The summed E-state index contributed by atoms with van der Waals surface area (Å²) in [7, 11) is 0. The summed E-state index contributed by atoms with van der Waals surface area (Å²) < 4.78 is 11.8. The van der Waals surface area contributed by atoms with E-state index >= 15 is 0 Å².